The molecule has 0 spiro atoms. The molecule has 0 radical (unpaired) electrons. The van der Waals surface area contributed by atoms with Crippen LogP contribution in [0.2, 0.25) is 0 Å². The van der Waals surface area contributed by atoms with E-state index in [1.807, 2.05) is 60.7 Å². The monoisotopic (exact) mass is 356 g/mol. The van der Waals surface area contributed by atoms with Crippen LogP contribution in [0.4, 0.5) is 0 Å². The normalized spacial score (nSPS) is 10.1. The van der Waals surface area contributed by atoms with Crippen molar-refractivity contribution in [2.75, 3.05) is 0 Å². The molecule has 2 aromatic carbocycles. The van der Waals surface area contributed by atoms with Crippen molar-refractivity contribution >= 4 is 68.8 Å². The molecule has 0 N–H and O–H groups in total. The van der Waals surface area contributed by atoms with Gasteiger partial charge in [0.25, 0.3) is 0 Å². The maximum atomic E-state index is 5.63. The van der Waals surface area contributed by atoms with Crippen molar-refractivity contribution in [1.29, 1.82) is 0 Å². The van der Waals surface area contributed by atoms with Gasteiger partial charge in [-0.25, -0.2) is 0 Å². The van der Waals surface area contributed by atoms with Crippen LogP contribution in [0.3, 0.4) is 0 Å². The molecule has 0 amide bonds. The van der Waals surface area contributed by atoms with Gasteiger partial charge in [-0.2, -0.15) is 0 Å². The summed E-state index contributed by atoms with van der Waals surface area (Å²) in [6, 6.07) is 19.3. The second-order valence-electron chi connectivity index (χ2n) is 3.14. The third-order valence-corrected chi connectivity index (χ3v) is 5.62. The third-order valence-electron chi connectivity index (χ3n) is 1.90. The predicted octanol–water partition coefficient (Wildman–Crippen LogP) is 6.20. The van der Waals surface area contributed by atoms with Crippen molar-refractivity contribution in [3.63, 3.8) is 0 Å². The zero-order valence-corrected chi connectivity index (χ0v) is 14.0. The number of hydrogen-bond donors (Lipinski definition) is 0. The van der Waals surface area contributed by atoms with Crippen LogP contribution in [0.15, 0.2) is 60.7 Å². The fourth-order valence-corrected chi connectivity index (χ4v) is 3.23. The Labute approximate surface area is 129 Å². The Bertz CT molecular complexity index is 391. The number of hydrogen-bond acceptors (Lipinski definition) is 0. The molecule has 0 bridgehead atoms. The van der Waals surface area contributed by atoms with Gasteiger partial charge in [-0.05, 0) is 0 Å². The standard InChI is InChI=1S/2C6H5Cl2P/c2*7-9(8)6-4-2-1-3-5-6/h2*1-5H. The van der Waals surface area contributed by atoms with Crippen LogP contribution in [0.1, 0.15) is 0 Å². The van der Waals surface area contributed by atoms with E-state index in [2.05, 4.69) is 0 Å². The van der Waals surface area contributed by atoms with Gasteiger partial charge in [0.2, 0.25) is 0 Å². The fourth-order valence-electron chi connectivity index (χ4n) is 1.08. The zero-order valence-electron chi connectivity index (χ0n) is 9.18. The van der Waals surface area contributed by atoms with E-state index in [-0.39, 0.29) is 0 Å². The predicted molar refractivity (Wildman–Crippen MR) is 89.4 cm³/mol. The third kappa shape index (κ3) is 6.58. The fraction of sp³-hybridized carbons (Fsp3) is 0. The molecule has 0 heterocycles. The minimum atomic E-state index is -0.951. The van der Waals surface area contributed by atoms with Gasteiger partial charge in [0, 0.05) is 10.6 Å². The summed E-state index contributed by atoms with van der Waals surface area (Å²) in [5, 5.41) is 2.02. The summed E-state index contributed by atoms with van der Waals surface area (Å²) in [6.45, 7) is -1.90. The molecule has 0 saturated carbocycles. The Morgan fingerprint density at radius 3 is 0.944 bits per heavy atom. The Hall–Kier alpha value is 0.460. The van der Waals surface area contributed by atoms with Crippen LogP contribution >= 0.6 is 58.2 Å². The summed E-state index contributed by atoms with van der Waals surface area (Å²) >= 11 is 22.5. The first-order valence-electron chi connectivity index (χ1n) is 4.94. The second kappa shape index (κ2) is 9.38. The van der Waals surface area contributed by atoms with E-state index >= 15 is 0 Å². The maximum Gasteiger partial charge on any atom is 0.116 e. The summed E-state index contributed by atoms with van der Waals surface area (Å²) in [7, 11) is 0. The molecule has 0 aliphatic heterocycles. The van der Waals surface area contributed by atoms with Crippen LogP contribution in [0.5, 0.6) is 0 Å². The van der Waals surface area contributed by atoms with Crippen molar-refractivity contribution < 1.29 is 0 Å². The summed E-state index contributed by atoms with van der Waals surface area (Å²) in [6.07, 6.45) is 0. The molecule has 0 fully saturated rings. The molecule has 0 aliphatic rings. The molecule has 0 nitrogen and oxygen atoms in total. The molecule has 18 heavy (non-hydrogen) atoms. The minimum Gasteiger partial charge on any atom is -0.0727 e. The number of benzene rings is 2. The van der Waals surface area contributed by atoms with Gasteiger partial charge in [0.1, 0.15) is 13.3 Å². The lowest BCUT2D eigenvalue weighted by Crippen LogP contribution is -1.89. The van der Waals surface area contributed by atoms with Crippen LogP contribution in [-0.2, 0) is 0 Å². The highest BCUT2D eigenvalue weighted by Gasteiger charge is 1.99. The molecule has 2 rings (SSSR count). The van der Waals surface area contributed by atoms with Crippen molar-refractivity contribution in [1.82, 2.24) is 0 Å². The molecule has 96 valence electrons. The Morgan fingerprint density at radius 1 is 0.500 bits per heavy atom. The van der Waals surface area contributed by atoms with E-state index in [1.165, 1.54) is 0 Å². The van der Waals surface area contributed by atoms with Gasteiger partial charge in [0.15, 0.2) is 0 Å². The van der Waals surface area contributed by atoms with E-state index in [1.54, 1.807) is 0 Å². The molecule has 6 heteroatoms. The van der Waals surface area contributed by atoms with Crippen LogP contribution in [-0.4, -0.2) is 0 Å². The topological polar surface area (TPSA) is 0 Å². The first-order chi connectivity index (χ1) is 8.61. The highest BCUT2D eigenvalue weighted by molar-refractivity contribution is 8.09. The van der Waals surface area contributed by atoms with E-state index in [4.69, 9.17) is 45.0 Å². The number of rotatable bonds is 2. The second-order valence-corrected chi connectivity index (χ2v) is 10.2. The van der Waals surface area contributed by atoms with Crippen LogP contribution < -0.4 is 10.6 Å². The van der Waals surface area contributed by atoms with E-state index in [0.29, 0.717) is 0 Å². The van der Waals surface area contributed by atoms with Gasteiger partial charge in [-0.1, -0.05) is 106 Å². The molecule has 0 saturated heterocycles. The van der Waals surface area contributed by atoms with Gasteiger partial charge >= 0.3 is 0 Å². The summed E-state index contributed by atoms with van der Waals surface area (Å²) < 4.78 is 0. The van der Waals surface area contributed by atoms with E-state index in [9.17, 15) is 0 Å². The van der Waals surface area contributed by atoms with Gasteiger partial charge < -0.3 is 0 Å². The first-order valence-corrected chi connectivity index (χ1v) is 11.2. The van der Waals surface area contributed by atoms with Crippen LogP contribution in [0, 0.1) is 0 Å². The van der Waals surface area contributed by atoms with Crippen molar-refractivity contribution in [2.45, 2.75) is 0 Å². The highest BCUT2D eigenvalue weighted by atomic mass is 35.9. The molecule has 2 aromatic rings. The van der Waals surface area contributed by atoms with E-state index < -0.39 is 13.3 Å². The zero-order chi connectivity index (χ0) is 13.4. The lowest BCUT2D eigenvalue weighted by atomic mass is 10.4. The summed E-state index contributed by atoms with van der Waals surface area (Å²) in [5.74, 6) is 0. The molecular weight excluding hydrogens is 348 g/mol. The average Bonchev–Trinajstić information content (AvgIpc) is 2.41. The Kier molecular flexibility index (Phi) is 8.60. The molecule has 0 atom stereocenters. The SMILES string of the molecule is ClP(Cl)c1ccccc1.ClP(Cl)c1ccccc1. The quantitative estimate of drug-likeness (QED) is 0.561. The molecule has 0 aliphatic carbocycles. The smallest absolute Gasteiger partial charge is 0.0727 e. The van der Waals surface area contributed by atoms with E-state index in [0.717, 1.165) is 10.6 Å². The number of halogens is 4. The molecule has 0 unspecified atom stereocenters. The summed E-state index contributed by atoms with van der Waals surface area (Å²) in [4.78, 5) is 0. The molecule has 0 aromatic heterocycles. The Morgan fingerprint density at radius 2 is 0.778 bits per heavy atom. The lowest BCUT2D eigenvalue weighted by molar-refractivity contribution is 1.78. The largest absolute Gasteiger partial charge is 0.116 e. The highest BCUT2D eigenvalue weighted by Crippen LogP contribution is 2.45. The van der Waals surface area contributed by atoms with Gasteiger partial charge in [-0.15, -0.1) is 0 Å². The average molecular weight is 358 g/mol. The lowest BCUT2D eigenvalue weighted by Gasteiger charge is -1.96. The van der Waals surface area contributed by atoms with Crippen molar-refractivity contribution in [3.8, 4) is 0 Å². The van der Waals surface area contributed by atoms with Crippen molar-refractivity contribution in [3.05, 3.63) is 60.7 Å². The maximum absolute atomic E-state index is 5.63. The van der Waals surface area contributed by atoms with Crippen LogP contribution in [0.25, 0.3) is 0 Å². The Balaban J connectivity index is 0.000000180. The first kappa shape index (κ1) is 16.5. The van der Waals surface area contributed by atoms with Crippen molar-refractivity contribution in [2.24, 2.45) is 0 Å². The van der Waals surface area contributed by atoms with Gasteiger partial charge in [0.05, 0.1) is 0 Å². The summed E-state index contributed by atoms with van der Waals surface area (Å²) in [5.41, 5.74) is 0. The molecular formula is C12H10Cl4P2. The minimum absolute atomic E-state index is 0.951. The van der Waals surface area contributed by atoms with Gasteiger partial charge in [-0.3, -0.25) is 0 Å².